The number of H-pyrrole nitrogens is 1. The highest BCUT2D eigenvalue weighted by atomic mass is 19.1. The smallest absolute Gasteiger partial charge is 0.264 e. The molecule has 10 heteroatoms. The predicted octanol–water partition coefficient (Wildman–Crippen LogP) is 1.37. The second kappa shape index (κ2) is 10.8. The van der Waals surface area contributed by atoms with E-state index in [9.17, 15) is 19.1 Å². The van der Waals surface area contributed by atoms with E-state index in [1.54, 1.807) is 10.9 Å². The van der Waals surface area contributed by atoms with E-state index in [2.05, 4.69) is 15.3 Å². The molecule has 1 fully saturated rings. The van der Waals surface area contributed by atoms with Gasteiger partial charge in [0.15, 0.2) is 17.3 Å². The summed E-state index contributed by atoms with van der Waals surface area (Å²) in [5, 5.41) is 16.2. The van der Waals surface area contributed by atoms with E-state index in [1.165, 1.54) is 18.2 Å². The van der Waals surface area contributed by atoms with Crippen LogP contribution in [-0.2, 0) is 6.54 Å². The summed E-state index contributed by atoms with van der Waals surface area (Å²) >= 11 is 0. The van der Waals surface area contributed by atoms with E-state index in [-0.39, 0.29) is 34.4 Å². The zero-order valence-corrected chi connectivity index (χ0v) is 18.6. The van der Waals surface area contributed by atoms with Crippen LogP contribution in [0.3, 0.4) is 0 Å². The molecule has 1 aromatic carbocycles. The maximum absolute atomic E-state index is 14.1. The first-order valence-corrected chi connectivity index (χ1v) is 11.5. The highest BCUT2D eigenvalue weighted by molar-refractivity contribution is 5.97. The number of rotatable bonds is 8. The number of nitrogens with one attached hydrogen (secondary N) is 2. The van der Waals surface area contributed by atoms with Crippen molar-refractivity contribution in [1.29, 1.82) is 0 Å². The van der Waals surface area contributed by atoms with Crippen LogP contribution in [0.2, 0.25) is 0 Å². The number of ether oxygens (including phenoxy) is 2. The van der Waals surface area contributed by atoms with Gasteiger partial charge in [-0.25, -0.2) is 4.39 Å². The number of amides is 1. The summed E-state index contributed by atoms with van der Waals surface area (Å²) < 4.78 is 26.9. The maximum atomic E-state index is 14.1. The lowest BCUT2D eigenvalue weighted by atomic mass is 9.93. The van der Waals surface area contributed by atoms with Crippen molar-refractivity contribution in [2.45, 2.75) is 38.3 Å². The third-order valence-electron chi connectivity index (χ3n) is 6.20. The van der Waals surface area contributed by atoms with Crippen LogP contribution in [-0.4, -0.2) is 71.2 Å². The Morgan fingerprint density at radius 2 is 1.97 bits per heavy atom. The molecule has 4 rings (SSSR count). The number of aryl methyl sites for hydroxylation is 1. The quantitative estimate of drug-likeness (QED) is 0.512. The number of carbonyl (C=O) groups is 1. The molecule has 3 N–H and O–H groups in total. The van der Waals surface area contributed by atoms with Gasteiger partial charge in [0.2, 0.25) is 0 Å². The molecule has 1 amide bonds. The first kappa shape index (κ1) is 23.3. The number of unbranched alkanes of at least 4 members (excludes halogenated alkanes) is 1. The van der Waals surface area contributed by atoms with Crippen molar-refractivity contribution in [3.63, 3.8) is 0 Å². The normalized spacial score (nSPS) is 20.9. The summed E-state index contributed by atoms with van der Waals surface area (Å²) in [6.07, 6.45) is 4.49. The number of aromatic nitrogens is 2. The number of benzene rings is 1. The Morgan fingerprint density at radius 1 is 1.18 bits per heavy atom. The molecule has 0 radical (unpaired) electrons. The van der Waals surface area contributed by atoms with E-state index in [1.807, 2.05) is 0 Å². The average Bonchev–Trinajstić information content (AvgIpc) is 3.05. The minimum atomic E-state index is -0.548. The number of aliphatic hydroxyl groups excluding tert-OH is 1. The third kappa shape index (κ3) is 5.94. The Kier molecular flexibility index (Phi) is 7.66. The molecular weight excluding hydrogens is 431 g/mol. The SMILES string of the molecule is O=C(NCC1CCN(CCCCn2ccc(=O)[nH]2)CC1O)c1ccc(F)c2c1OCCCO2. The monoisotopic (exact) mass is 462 g/mol. The van der Waals surface area contributed by atoms with Crippen LogP contribution in [0.15, 0.2) is 29.2 Å². The van der Waals surface area contributed by atoms with Gasteiger partial charge in [-0.3, -0.25) is 19.4 Å². The van der Waals surface area contributed by atoms with Gasteiger partial charge < -0.3 is 24.8 Å². The lowest BCUT2D eigenvalue weighted by molar-refractivity contribution is 0.0215. The molecule has 0 spiro atoms. The number of carbonyl (C=O) groups excluding carboxylic acids is 1. The molecule has 0 saturated carbocycles. The number of halogens is 1. The van der Waals surface area contributed by atoms with Gasteiger partial charge in [-0.2, -0.15) is 0 Å². The highest BCUT2D eigenvalue weighted by Crippen LogP contribution is 2.36. The van der Waals surface area contributed by atoms with Gasteiger partial charge in [0, 0.05) is 44.2 Å². The molecular formula is C23H31FN4O5. The molecule has 0 aliphatic carbocycles. The van der Waals surface area contributed by atoms with Crippen LogP contribution in [0.1, 0.15) is 36.0 Å². The molecule has 180 valence electrons. The van der Waals surface area contributed by atoms with E-state index in [0.29, 0.717) is 32.7 Å². The summed E-state index contributed by atoms with van der Waals surface area (Å²) in [6.45, 7) is 4.07. The lowest BCUT2D eigenvalue weighted by Crippen LogP contribution is -2.47. The molecule has 0 bridgehead atoms. The van der Waals surface area contributed by atoms with Gasteiger partial charge in [0.25, 0.3) is 11.5 Å². The summed E-state index contributed by atoms with van der Waals surface area (Å²) in [4.78, 5) is 26.1. The Labute approximate surface area is 191 Å². The number of nitrogens with zero attached hydrogens (tertiary/aromatic N) is 2. The van der Waals surface area contributed by atoms with E-state index < -0.39 is 11.9 Å². The number of aromatic amines is 1. The van der Waals surface area contributed by atoms with Gasteiger partial charge >= 0.3 is 0 Å². The number of hydrogen-bond acceptors (Lipinski definition) is 6. The fraction of sp³-hybridized carbons (Fsp3) is 0.565. The molecule has 9 nitrogen and oxygen atoms in total. The Hall–Kier alpha value is -2.85. The molecule has 2 unspecified atom stereocenters. The van der Waals surface area contributed by atoms with Gasteiger partial charge in [0.05, 0.1) is 24.9 Å². The van der Waals surface area contributed by atoms with E-state index in [4.69, 9.17) is 9.47 Å². The van der Waals surface area contributed by atoms with Crippen molar-refractivity contribution in [3.05, 3.63) is 46.1 Å². The van der Waals surface area contributed by atoms with E-state index >= 15 is 0 Å². The van der Waals surface area contributed by atoms with Crippen LogP contribution in [0.25, 0.3) is 0 Å². The molecule has 1 aromatic heterocycles. The largest absolute Gasteiger partial charge is 0.489 e. The topological polar surface area (TPSA) is 109 Å². The van der Waals surface area contributed by atoms with Crippen molar-refractivity contribution in [3.8, 4) is 11.5 Å². The standard InChI is InChI=1S/C23H31FN4O5/c24-18-5-4-17(21-22(18)33-13-3-12-32-21)23(31)25-14-16-6-10-27(15-19(16)29)8-1-2-9-28-11-7-20(30)26-28/h4-5,7,11,16,19,29H,1-3,6,8-10,12-15H2,(H,25,31)(H,26,30). The van der Waals surface area contributed by atoms with Crippen molar-refractivity contribution in [2.75, 3.05) is 39.4 Å². The first-order valence-electron chi connectivity index (χ1n) is 11.5. The molecule has 2 aliphatic rings. The van der Waals surface area contributed by atoms with Crippen LogP contribution in [0.4, 0.5) is 4.39 Å². The molecule has 1 saturated heterocycles. The van der Waals surface area contributed by atoms with Crippen LogP contribution in [0, 0.1) is 11.7 Å². The average molecular weight is 463 g/mol. The fourth-order valence-electron chi connectivity index (χ4n) is 4.33. The van der Waals surface area contributed by atoms with Gasteiger partial charge in [-0.1, -0.05) is 0 Å². The van der Waals surface area contributed by atoms with Crippen molar-refractivity contribution >= 4 is 5.91 Å². The van der Waals surface area contributed by atoms with Crippen molar-refractivity contribution in [2.24, 2.45) is 5.92 Å². The minimum Gasteiger partial charge on any atom is -0.489 e. The number of aliphatic hydroxyl groups is 1. The number of piperidine rings is 1. The van der Waals surface area contributed by atoms with Gasteiger partial charge in [-0.05, 0) is 44.5 Å². The fourth-order valence-corrected chi connectivity index (χ4v) is 4.33. The number of hydrogen-bond donors (Lipinski definition) is 3. The maximum Gasteiger partial charge on any atom is 0.264 e. The van der Waals surface area contributed by atoms with Crippen LogP contribution in [0.5, 0.6) is 11.5 Å². The number of β-amino-alcohol motifs (C(OH)–C–C–N with tert-alkyl or cyclic N) is 1. The third-order valence-corrected chi connectivity index (χ3v) is 6.20. The molecule has 2 aliphatic heterocycles. The highest BCUT2D eigenvalue weighted by Gasteiger charge is 2.29. The first-order chi connectivity index (χ1) is 16.0. The molecule has 33 heavy (non-hydrogen) atoms. The molecule has 3 heterocycles. The Bertz CT molecular complexity index is 1010. The van der Waals surface area contributed by atoms with Gasteiger partial charge in [-0.15, -0.1) is 0 Å². The minimum absolute atomic E-state index is 0.0170. The molecule has 2 aromatic rings. The lowest BCUT2D eigenvalue weighted by Gasteiger charge is -2.36. The van der Waals surface area contributed by atoms with Gasteiger partial charge in [0.1, 0.15) is 0 Å². The summed E-state index contributed by atoms with van der Waals surface area (Å²) in [7, 11) is 0. The van der Waals surface area contributed by atoms with Crippen LogP contribution < -0.4 is 20.3 Å². The van der Waals surface area contributed by atoms with E-state index in [0.717, 1.165) is 38.9 Å². The van der Waals surface area contributed by atoms with Crippen molar-refractivity contribution in [1.82, 2.24) is 20.0 Å². The Morgan fingerprint density at radius 3 is 2.73 bits per heavy atom. The van der Waals surface area contributed by atoms with Crippen molar-refractivity contribution < 1.29 is 23.8 Å². The Balaban J connectivity index is 1.22. The zero-order valence-electron chi connectivity index (χ0n) is 18.6. The van der Waals surface area contributed by atoms with Crippen LogP contribution >= 0.6 is 0 Å². The summed E-state index contributed by atoms with van der Waals surface area (Å²) in [5.41, 5.74) is 0.146. The zero-order chi connectivity index (χ0) is 23.2. The molecule has 2 atom stereocenters. The summed E-state index contributed by atoms with van der Waals surface area (Å²) in [5.74, 6) is -0.838. The number of likely N-dealkylation sites (tertiary alicyclic amines) is 1. The second-order valence-corrected chi connectivity index (χ2v) is 8.62. The predicted molar refractivity (Wildman–Crippen MR) is 119 cm³/mol. The second-order valence-electron chi connectivity index (χ2n) is 8.62. The summed E-state index contributed by atoms with van der Waals surface area (Å²) in [6, 6.07) is 4.12. The number of fused-ring (bicyclic) bond motifs is 1.